The summed E-state index contributed by atoms with van der Waals surface area (Å²) in [4.78, 5) is 8.55. The first-order chi connectivity index (χ1) is 13.1. The highest BCUT2D eigenvalue weighted by molar-refractivity contribution is 6.31. The fraction of sp³-hybridized carbons (Fsp3) is 0.263. The molecule has 0 saturated heterocycles. The van der Waals surface area contributed by atoms with Gasteiger partial charge in [-0.15, -0.1) is 0 Å². The monoisotopic (exact) mass is 408 g/mol. The van der Waals surface area contributed by atoms with E-state index in [2.05, 4.69) is 20.6 Å². The Labute approximate surface area is 166 Å². The van der Waals surface area contributed by atoms with Gasteiger partial charge in [0.15, 0.2) is 5.82 Å². The smallest absolute Gasteiger partial charge is 0.165 e. The number of ether oxygens (including phenoxy) is 1. The molecular formula is C19H19Cl2FN4O. The van der Waals surface area contributed by atoms with Gasteiger partial charge in [-0.25, -0.2) is 9.37 Å². The zero-order valence-electron chi connectivity index (χ0n) is 14.7. The molecule has 0 radical (unpaired) electrons. The summed E-state index contributed by atoms with van der Waals surface area (Å²) in [6, 6.07) is 8.40. The topological polar surface area (TPSA) is 59.1 Å². The van der Waals surface area contributed by atoms with Gasteiger partial charge in [0.05, 0.1) is 28.5 Å². The summed E-state index contributed by atoms with van der Waals surface area (Å²) in [5.74, 6) is -0.542. The van der Waals surface area contributed by atoms with Crippen LogP contribution in [0.5, 0.6) is 0 Å². The van der Waals surface area contributed by atoms with Crippen LogP contribution in [0.3, 0.4) is 0 Å². The lowest BCUT2D eigenvalue weighted by Gasteiger charge is -2.15. The molecule has 5 nitrogen and oxygen atoms in total. The number of halogens is 3. The number of fused-ring (bicyclic) bond motifs is 1. The van der Waals surface area contributed by atoms with Crippen LogP contribution in [0.1, 0.15) is 12.0 Å². The number of aromatic nitrogens is 2. The fourth-order valence-corrected chi connectivity index (χ4v) is 2.92. The van der Waals surface area contributed by atoms with Gasteiger partial charge in [-0.3, -0.25) is 4.98 Å². The van der Waals surface area contributed by atoms with Crippen molar-refractivity contribution in [3.8, 4) is 0 Å². The first-order valence-electron chi connectivity index (χ1n) is 8.47. The minimum absolute atomic E-state index is 0.0285. The van der Waals surface area contributed by atoms with Crippen molar-refractivity contribution in [3.05, 3.63) is 58.1 Å². The molecule has 1 aromatic carbocycles. The van der Waals surface area contributed by atoms with E-state index in [1.54, 1.807) is 30.5 Å². The minimum atomic E-state index is -0.542. The number of rotatable bonds is 8. The van der Waals surface area contributed by atoms with Gasteiger partial charge in [0.2, 0.25) is 0 Å². The normalized spacial score (nSPS) is 11.1. The third-order valence-electron chi connectivity index (χ3n) is 3.96. The van der Waals surface area contributed by atoms with Crippen molar-refractivity contribution in [2.24, 2.45) is 0 Å². The third kappa shape index (κ3) is 4.84. The van der Waals surface area contributed by atoms with E-state index >= 15 is 0 Å². The van der Waals surface area contributed by atoms with Gasteiger partial charge in [-0.2, -0.15) is 0 Å². The molecule has 0 atom stereocenters. The summed E-state index contributed by atoms with van der Waals surface area (Å²) in [5.41, 5.74) is 2.70. The molecular weight excluding hydrogens is 390 g/mol. The summed E-state index contributed by atoms with van der Waals surface area (Å²) in [6.07, 6.45) is 2.49. The zero-order valence-corrected chi connectivity index (χ0v) is 16.2. The predicted molar refractivity (Wildman–Crippen MR) is 107 cm³/mol. The molecule has 0 amide bonds. The molecule has 0 fully saturated rings. The van der Waals surface area contributed by atoms with Gasteiger partial charge in [0.25, 0.3) is 0 Å². The molecule has 0 unspecified atom stereocenters. The maximum absolute atomic E-state index is 14.7. The first-order valence-corrected chi connectivity index (χ1v) is 9.23. The maximum atomic E-state index is 14.7. The van der Waals surface area contributed by atoms with Gasteiger partial charge in [0.1, 0.15) is 10.7 Å². The van der Waals surface area contributed by atoms with E-state index in [0.717, 1.165) is 13.0 Å². The van der Waals surface area contributed by atoms with Crippen molar-refractivity contribution in [2.75, 3.05) is 25.5 Å². The average Bonchev–Trinajstić information content (AvgIpc) is 2.67. The summed E-state index contributed by atoms with van der Waals surface area (Å²) in [6.45, 7) is 1.69. The molecule has 0 bridgehead atoms. The van der Waals surface area contributed by atoms with E-state index in [0.29, 0.717) is 34.0 Å². The van der Waals surface area contributed by atoms with Crippen LogP contribution in [0.15, 0.2) is 36.5 Å². The molecule has 0 spiro atoms. The number of nitrogens with one attached hydrogen (secondary N) is 2. The second-order valence-electron chi connectivity index (χ2n) is 5.89. The lowest BCUT2D eigenvalue weighted by molar-refractivity contribution is 0.119. The Morgan fingerprint density at radius 3 is 2.81 bits per heavy atom. The lowest BCUT2D eigenvalue weighted by atomic mass is 10.1. The maximum Gasteiger partial charge on any atom is 0.165 e. The van der Waals surface area contributed by atoms with Gasteiger partial charge in [-0.1, -0.05) is 29.3 Å². The van der Waals surface area contributed by atoms with Crippen LogP contribution in [-0.4, -0.2) is 30.2 Å². The molecule has 0 saturated carbocycles. The quantitative estimate of drug-likeness (QED) is 0.408. The van der Waals surface area contributed by atoms with Crippen LogP contribution in [0.25, 0.3) is 11.0 Å². The zero-order chi connectivity index (χ0) is 19.2. The molecule has 2 N–H and O–H groups in total. The average molecular weight is 409 g/mol. The predicted octanol–water partition coefficient (Wildman–Crippen LogP) is 4.95. The number of nitrogens with zero attached hydrogens (tertiary/aromatic N) is 2. The van der Waals surface area contributed by atoms with Crippen LogP contribution < -0.4 is 10.6 Å². The van der Waals surface area contributed by atoms with E-state index in [1.165, 1.54) is 6.07 Å². The fourth-order valence-electron chi connectivity index (χ4n) is 2.62. The molecule has 3 aromatic rings. The largest absolute Gasteiger partial charge is 0.377 e. The summed E-state index contributed by atoms with van der Waals surface area (Å²) >= 11 is 12.0. The first kappa shape index (κ1) is 19.8. The van der Waals surface area contributed by atoms with Crippen LogP contribution in [0.4, 0.5) is 15.8 Å². The highest BCUT2D eigenvalue weighted by atomic mass is 35.5. The molecule has 2 aromatic heterocycles. The van der Waals surface area contributed by atoms with Crippen molar-refractivity contribution in [2.45, 2.75) is 13.0 Å². The Morgan fingerprint density at radius 1 is 1.15 bits per heavy atom. The summed E-state index contributed by atoms with van der Waals surface area (Å²) in [5, 5.41) is 6.51. The van der Waals surface area contributed by atoms with E-state index in [4.69, 9.17) is 27.9 Å². The molecule has 8 heteroatoms. The molecule has 2 heterocycles. The molecule has 27 heavy (non-hydrogen) atoms. The summed E-state index contributed by atoms with van der Waals surface area (Å²) in [7, 11) is 1.88. The Kier molecular flexibility index (Phi) is 6.79. The number of anilines is 2. The second-order valence-corrected chi connectivity index (χ2v) is 6.68. The molecule has 0 aliphatic carbocycles. The minimum Gasteiger partial charge on any atom is -0.377 e. The summed E-state index contributed by atoms with van der Waals surface area (Å²) < 4.78 is 20.4. The standard InChI is InChI=1S/C19H19Cl2FN4O/c1-23-8-2-10-27-11-12-3-4-13(20)17(22)18(12)25-15-7-9-24-14-5-6-16(21)26-19(14)15/h3-7,9,23H,2,8,10-11H2,1H3,(H,24,25). The van der Waals surface area contributed by atoms with Crippen molar-refractivity contribution in [3.63, 3.8) is 0 Å². The van der Waals surface area contributed by atoms with E-state index < -0.39 is 5.82 Å². The highest BCUT2D eigenvalue weighted by Gasteiger charge is 2.15. The number of benzene rings is 1. The van der Waals surface area contributed by atoms with Crippen LogP contribution >= 0.6 is 23.2 Å². The van der Waals surface area contributed by atoms with Crippen LogP contribution in [-0.2, 0) is 11.3 Å². The second kappa shape index (κ2) is 9.28. The van der Waals surface area contributed by atoms with Gasteiger partial charge in [-0.05, 0) is 44.3 Å². The molecule has 142 valence electrons. The Hall–Kier alpha value is -1.99. The SMILES string of the molecule is CNCCCOCc1ccc(Cl)c(F)c1Nc1ccnc2ccc(Cl)nc12. The molecule has 0 aliphatic heterocycles. The van der Waals surface area contributed by atoms with Gasteiger partial charge in [0, 0.05) is 18.4 Å². The number of hydrogen-bond acceptors (Lipinski definition) is 5. The van der Waals surface area contributed by atoms with E-state index in [-0.39, 0.29) is 17.3 Å². The number of pyridine rings is 2. The van der Waals surface area contributed by atoms with Gasteiger partial charge < -0.3 is 15.4 Å². The third-order valence-corrected chi connectivity index (χ3v) is 4.47. The Bertz CT molecular complexity index is 939. The Balaban J connectivity index is 1.90. The van der Waals surface area contributed by atoms with Crippen molar-refractivity contribution < 1.29 is 9.13 Å². The van der Waals surface area contributed by atoms with E-state index in [1.807, 2.05) is 7.05 Å². The lowest BCUT2D eigenvalue weighted by Crippen LogP contribution is -2.10. The molecule has 0 aliphatic rings. The van der Waals surface area contributed by atoms with Crippen molar-refractivity contribution in [1.82, 2.24) is 15.3 Å². The van der Waals surface area contributed by atoms with Crippen LogP contribution in [0.2, 0.25) is 10.2 Å². The van der Waals surface area contributed by atoms with Gasteiger partial charge >= 0.3 is 0 Å². The van der Waals surface area contributed by atoms with Crippen LogP contribution in [0, 0.1) is 5.82 Å². The Morgan fingerprint density at radius 2 is 2.00 bits per heavy atom. The highest BCUT2D eigenvalue weighted by Crippen LogP contribution is 2.32. The van der Waals surface area contributed by atoms with Crippen molar-refractivity contribution in [1.29, 1.82) is 0 Å². The number of hydrogen-bond donors (Lipinski definition) is 2. The molecule has 3 rings (SSSR count). The van der Waals surface area contributed by atoms with Crippen molar-refractivity contribution >= 4 is 45.6 Å². The van der Waals surface area contributed by atoms with E-state index in [9.17, 15) is 4.39 Å².